The smallest absolute Gasteiger partial charge is 0.233 e. The number of para-hydroxylation sites is 1. The Hall–Kier alpha value is -1.73. The summed E-state index contributed by atoms with van der Waals surface area (Å²) >= 11 is 7.96. The highest BCUT2D eigenvalue weighted by atomic mass is 35.5. The normalized spacial score (nSPS) is 18.0. The molecule has 0 spiro atoms. The Morgan fingerprint density at radius 2 is 1.59 bits per heavy atom. The number of rotatable bonds is 5. The summed E-state index contributed by atoms with van der Waals surface area (Å²) in [7, 11) is 0. The highest BCUT2D eigenvalue weighted by Crippen LogP contribution is 2.32. The molecule has 2 fully saturated rings. The molecule has 156 valence electrons. The van der Waals surface area contributed by atoms with Gasteiger partial charge < -0.3 is 9.80 Å². The number of hydrogen-bond acceptors (Lipinski definition) is 5. The fourth-order valence-electron chi connectivity index (χ4n) is 4.04. The molecular formula is C21H28ClN5OS. The van der Waals surface area contributed by atoms with Crippen LogP contribution in [-0.2, 0) is 4.79 Å². The third-order valence-electron chi connectivity index (χ3n) is 5.63. The van der Waals surface area contributed by atoms with E-state index in [1.807, 2.05) is 33.7 Å². The van der Waals surface area contributed by atoms with Crippen molar-refractivity contribution in [3.05, 3.63) is 29.3 Å². The van der Waals surface area contributed by atoms with Gasteiger partial charge in [-0.25, -0.2) is 0 Å². The first-order chi connectivity index (χ1) is 14.2. The van der Waals surface area contributed by atoms with E-state index in [9.17, 15) is 4.79 Å². The minimum atomic E-state index is 0.188. The van der Waals surface area contributed by atoms with Crippen LogP contribution in [0.1, 0.15) is 44.9 Å². The van der Waals surface area contributed by atoms with Crippen molar-refractivity contribution >= 4 is 35.2 Å². The highest BCUT2D eigenvalue weighted by Gasteiger charge is 2.24. The molecule has 0 saturated carbocycles. The molecule has 3 heterocycles. The maximum absolute atomic E-state index is 12.8. The summed E-state index contributed by atoms with van der Waals surface area (Å²) in [5.41, 5.74) is 0.863. The summed E-state index contributed by atoms with van der Waals surface area (Å²) in [6, 6.07) is 7.75. The summed E-state index contributed by atoms with van der Waals surface area (Å²) < 4.78 is 2.01. The van der Waals surface area contributed by atoms with Crippen molar-refractivity contribution in [1.82, 2.24) is 19.7 Å². The molecule has 0 unspecified atom stereocenters. The highest BCUT2D eigenvalue weighted by molar-refractivity contribution is 7.99. The number of benzene rings is 1. The van der Waals surface area contributed by atoms with Crippen LogP contribution in [0.25, 0.3) is 5.69 Å². The number of likely N-dealkylation sites (tertiary alicyclic amines) is 1. The molecule has 0 atom stereocenters. The number of carbonyl (C=O) groups excluding carboxylic acids is 1. The van der Waals surface area contributed by atoms with Crippen LogP contribution in [0, 0.1) is 0 Å². The fraction of sp³-hybridized carbons (Fsp3) is 0.571. The lowest BCUT2D eigenvalue weighted by atomic mass is 10.1. The minimum absolute atomic E-state index is 0.188. The van der Waals surface area contributed by atoms with Gasteiger partial charge in [0.05, 0.1) is 16.5 Å². The van der Waals surface area contributed by atoms with Crippen molar-refractivity contribution in [3.63, 3.8) is 0 Å². The molecule has 1 aromatic heterocycles. The molecule has 0 N–H and O–H groups in total. The van der Waals surface area contributed by atoms with Crippen LogP contribution in [0.3, 0.4) is 0 Å². The zero-order valence-corrected chi connectivity index (χ0v) is 18.3. The van der Waals surface area contributed by atoms with Crippen LogP contribution in [0.5, 0.6) is 0 Å². The summed E-state index contributed by atoms with van der Waals surface area (Å²) in [5.74, 6) is 1.38. The number of halogens is 1. The van der Waals surface area contributed by atoms with Gasteiger partial charge in [0.1, 0.15) is 0 Å². The standard InChI is InChI=1S/C21H28ClN5OS/c22-17-10-4-5-11-18(17)27-20(26-14-8-9-15-26)23-24-21(27)29-16-19(28)25-12-6-2-1-3-7-13-25/h4-5,10-11H,1-3,6-9,12-16H2. The second kappa shape index (κ2) is 9.85. The third-order valence-corrected chi connectivity index (χ3v) is 6.87. The van der Waals surface area contributed by atoms with Crippen molar-refractivity contribution in [2.75, 3.05) is 36.8 Å². The van der Waals surface area contributed by atoms with Crippen molar-refractivity contribution in [1.29, 1.82) is 0 Å². The molecular weight excluding hydrogens is 406 g/mol. The minimum Gasteiger partial charge on any atom is -0.342 e. The third kappa shape index (κ3) is 4.89. The Morgan fingerprint density at radius 3 is 2.31 bits per heavy atom. The van der Waals surface area contributed by atoms with Crippen molar-refractivity contribution in [2.45, 2.75) is 50.1 Å². The molecule has 0 aliphatic carbocycles. The molecule has 1 aromatic carbocycles. The molecule has 4 rings (SSSR count). The molecule has 0 radical (unpaired) electrons. The number of amides is 1. The van der Waals surface area contributed by atoms with Crippen LogP contribution in [0.2, 0.25) is 5.02 Å². The number of anilines is 1. The molecule has 2 aliphatic rings. The van der Waals surface area contributed by atoms with Gasteiger partial charge in [-0.15, -0.1) is 10.2 Å². The first-order valence-corrected chi connectivity index (χ1v) is 12.0. The van der Waals surface area contributed by atoms with E-state index in [0.717, 1.165) is 68.7 Å². The topological polar surface area (TPSA) is 54.3 Å². The van der Waals surface area contributed by atoms with E-state index in [1.165, 1.54) is 31.0 Å². The van der Waals surface area contributed by atoms with Gasteiger partial charge in [0.25, 0.3) is 0 Å². The van der Waals surface area contributed by atoms with E-state index in [-0.39, 0.29) is 5.91 Å². The van der Waals surface area contributed by atoms with E-state index in [0.29, 0.717) is 10.8 Å². The van der Waals surface area contributed by atoms with Gasteiger partial charge in [-0.2, -0.15) is 0 Å². The average molecular weight is 434 g/mol. The van der Waals surface area contributed by atoms with Crippen molar-refractivity contribution < 1.29 is 4.79 Å². The van der Waals surface area contributed by atoms with Gasteiger partial charge in [0.15, 0.2) is 5.16 Å². The molecule has 0 bridgehead atoms. The summed E-state index contributed by atoms with van der Waals surface area (Å²) in [4.78, 5) is 17.1. The van der Waals surface area contributed by atoms with Crippen molar-refractivity contribution in [2.24, 2.45) is 0 Å². The SMILES string of the molecule is O=C(CSc1nnc(N2CCCC2)n1-c1ccccc1Cl)N1CCCCCCC1. The molecule has 6 nitrogen and oxygen atoms in total. The summed E-state index contributed by atoms with van der Waals surface area (Å²) in [6.45, 7) is 3.69. The lowest BCUT2D eigenvalue weighted by Crippen LogP contribution is -2.35. The molecule has 8 heteroatoms. The zero-order valence-electron chi connectivity index (χ0n) is 16.7. The van der Waals surface area contributed by atoms with Gasteiger partial charge in [-0.1, -0.05) is 54.8 Å². The van der Waals surface area contributed by atoms with Crippen LogP contribution in [0.4, 0.5) is 5.95 Å². The number of aromatic nitrogens is 3. The van der Waals surface area contributed by atoms with Crippen LogP contribution >= 0.6 is 23.4 Å². The first-order valence-electron chi connectivity index (χ1n) is 10.6. The number of thioether (sulfide) groups is 1. The van der Waals surface area contributed by atoms with E-state index in [1.54, 1.807) is 0 Å². The Bertz CT molecular complexity index is 828. The first kappa shape index (κ1) is 20.5. The quantitative estimate of drug-likeness (QED) is 0.654. The average Bonchev–Trinajstić information content (AvgIpc) is 3.36. The molecule has 2 aromatic rings. The van der Waals surface area contributed by atoms with Gasteiger partial charge >= 0.3 is 0 Å². The van der Waals surface area contributed by atoms with E-state index in [4.69, 9.17) is 11.6 Å². The zero-order chi connectivity index (χ0) is 20.1. The second-order valence-electron chi connectivity index (χ2n) is 7.70. The van der Waals surface area contributed by atoms with E-state index < -0.39 is 0 Å². The Morgan fingerprint density at radius 1 is 0.931 bits per heavy atom. The monoisotopic (exact) mass is 433 g/mol. The lowest BCUT2D eigenvalue weighted by Gasteiger charge is -2.24. The summed E-state index contributed by atoms with van der Waals surface area (Å²) in [5, 5.41) is 10.3. The lowest BCUT2D eigenvalue weighted by molar-refractivity contribution is -0.128. The maximum Gasteiger partial charge on any atom is 0.233 e. The second-order valence-corrected chi connectivity index (χ2v) is 9.05. The molecule has 2 aliphatic heterocycles. The van der Waals surface area contributed by atoms with Gasteiger partial charge in [0, 0.05) is 26.2 Å². The van der Waals surface area contributed by atoms with Crippen LogP contribution in [0.15, 0.2) is 29.4 Å². The number of carbonyl (C=O) groups is 1. The van der Waals surface area contributed by atoms with Gasteiger partial charge in [0.2, 0.25) is 11.9 Å². The Balaban J connectivity index is 1.54. The fourth-order valence-corrected chi connectivity index (χ4v) is 5.10. The molecule has 2 saturated heterocycles. The number of nitrogens with zero attached hydrogens (tertiary/aromatic N) is 5. The molecule has 29 heavy (non-hydrogen) atoms. The largest absolute Gasteiger partial charge is 0.342 e. The maximum atomic E-state index is 12.8. The van der Waals surface area contributed by atoms with Crippen LogP contribution < -0.4 is 4.90 Å². The Kier molecular flexibility index (Phi) is 6.98. The van der Waals surface area contributed by atoms with E-state index >= 15 is 0 Å². The number of hydrogen-bond donors (Lipinski definition) is 0. The summed E-state index contributed by atoms with van der Waals surface area (Å²) in [6.07, 6.45) is 8.25. The van der Waals surface area contributed by atoms with Gasteiger partial charge in [-0.05, 0) is 37.8 Å². The van der Waals surface area contributed by atoms with Gasteiger partial charge in [-0.3, -0.25) is 9.36 Å². The van der Waals surface area contributed by atoms with Crippen molar-refractivity contribution in [3.8, 4) is 5.69 Å². The predicted octanol–water partition coefficient (Wildman–Crippen LogP) is 4.41. The van der Waals surface area contributed by atoms with Crippen LogP contribution in [-0.4, -0.2) is 57.5 Å². The molecule has 1 amide bonds. The predicted molar refractivity (Wildman–Crippen MR) is 118 cm³/mol. The Labute approximate surface area is 181 Å². The van der Waals surface area contributed by atoms with E-state index in [2.05, 4.69) is 15.1 Å².